The molecule has 18 heavy (non-hydrogen) atoms. The van der Waals surface area contributed by atoms with Crippen LogP contribution in [-0.2, 0) is 4.79 Å². The van der Waals surface area contributed by atoms with Gasteiger partial charge in [-0.05, 0) is 32.0 Å². The first-order chi connectivity index (χ1) is 8.17. The molecule has 0 fully saturated rings. The summed E-state index contributed by atoms with van der Waals surface area (Å²) in [5.41, 5.74) is 4.91. The van der Waals surface area contributed by atoms with Crippen LogP contribution in [0.1, 0.15) is 24.2 Å². The lowest BCUT2D eigenvalue weighted by Gasteiger charge is -2.31. The van der Waals surface area contributed by atoms with Crippen LogP contribution in [0.5, 0.6) is 0 Å². The Bertz CT molecular complexity index is 500. The van der Waals surface area contributed by atoms with Crippen LogP contribution in [0.4, 0.5) is 5.69 Å². The average Bonchev–Trinajstić information content (AvgIpc) is 2.30. The lowest BCUT2D eigenvalue weighted by molar-refractivity contribution is -0.147. The molecule has 0 aliphatic heterocycles. The van der Waals surface area contributed by atoms with E-state index < -0.39 is 17.4 Å². The third-order valence-electron chi connectivity index (χ3n) is 2.91. The largest absolute Gasteiger partial charge is 0.480 e. The van der Waals surface area contributed by atoms with Crippen LogP contribution in [0.25, 0.3) is 0 Å². The molecule has 6 heteroatoms. The van der Waals surface area contributed by atoms with Crippen LogP contribution in [0.3, 0.4) is 0 Å². The van der Waals surface area contributed by atoms with Gasteiger partial charge in [-0.3, -0.25) is 4.79 Å². The van der Waals surface area contributed by atoms with E-state index in [4.69, 9.17) is 22.4 Å². The second kappa shape index (κ2) is 4.86. The summed E-state index contributed by atoms with van der Waals surface area (Å²) in [6.45, 7) is 2.90. The minimum atomic E-state index is -1.30. The van der Waals surface area contributed by atoms with Crippen molar-refractivity contribution in [2.75, 3.05) is 12.8 Å². The fourth-order valence-electron chi connectivity index (χ4n) is 1.25. The Morgan fingerprint density at radius 1 is 1.39 bits per heavy atom. The Hall–Kier alpha value is -1.75. The highest BCUT2D eigenvalue weighted by molar-refractivity contribution is 6.33. The van der Waals surface area contributed by atoms with Gasteiger partial charge in [-0.25, -0.2) is 4.79 Å². The number of nitrogen functional groups attached to an aromatic ring is 1. The van der Waals surface area contributed by atoms with Crippen LogP contribution in [0.15, 0.2) is 18.2 Å². The molecule has 1 aromatic carbocycles. The Morgan fingerprint density at radius 3 is 2.39 bits per heavy atom. The topological polar surface area (TPSA) is 83.6 Å². The van der Waals surface area contributed by atoms with Crippen LogP contribution in [-0.4, -0.2) is 34.5 Å². The molecule has 0 radical (unpaired) electrons. The van der Waals surface area contributed by atoms with Gasteiger partial charge in [-0.1, -0.05) is 11.6 Å². The molecule has 0 aliphatic carbocycles. The third-order valence-corrected chi connectivity index (χ3v) is 3.24. The zero-order chi connectivity index (χ0) is 14.1. The highest BCUT2D eigenvalue weighted by Crippen LogP contribution is 2.22. The molecule has 0 saturated carbocycles. The predicted molar refractivity (Wildman–Crippen MR) is 69.7 cm³/mol. The van der Waals surface area contributed by atoms with Crippen LogP contribution in [0, 0.1) is 0 Å². The van der Waals surface area contributed by atoms with E-state index in [0.29, 0.717) is 11.3 Å². The average molecular weight is 271 g/mol. The zero-order valence-corrected chi connectivity index (χ0v) is 11.2. The Labute approximate surface area is 110 Å². The van der Waals surface area contributed by atoms with Crippen molar-refractivity contribution in [1.82, 2.24) is 4.90 Å². The molecule has 3 N–H and O–H groups in total. The second-order valence-corrected chi connectivity index (χ2v) is 4.87. The molecule has 0 bridgehead atoms. The lowest BCUT2D eigenvalue weighted by Crippen LogP contribution is -2.50. The highest BCUT2D eigenvalue weighted by Gasteiger charge is 2.35. The van der Waals surface area contributed by atoms with Gasteiger partial charge in [0.15, 0.2) is 0 Å². The van der Waals surface area contributed by atoms with Gasteiger partial charge in [0.25, 0.3) is 5.91 Å². The number of hydrogen-bond donors (Lipinski definition) is 2. The maximum atomic E-state index is 12.1. The maximum absolute atomic E-state index is 12.1. The first-order valence-corrected chi connectivity index (χ1v) is 5.62. The number of carboxylic acid groups (broad SMARTS) is 1. The van der Waals surface area contributed by atoms with Crippen molar-refractivity contribution in [3.63, 3.8) is 0 Å². The number of carbonyl (C=O) groups excluding carboxylic acids is 1. The highest BCUT2D eigenvalue weighted by atomic mass is 35.5. The smallest absolute Gasteiger partial charge is 0.329 e. The first kappa shape index (κ1) is 14.3. The number of rotatable bonds is 3. The molecule has 0 saturated heterocycles. The van der Waals surface area contributed by atoms with Crippen molar-refractivity contribution in [2.24, 2.45) is 0 Å². The summed E-state index contributed by atoms with van der Waals surface area (Å²) in [7, 11) is 1.43. The summed E-state index contributed by atoms with van der Waals surface area (Å²) >= 11 is 5.83. The number of nitrogens with two attached hydrogens (primary N) is 1. The summed E-state index contributed by atoms with van der Waals surface area (Å²) in [4.78, 5) is 24.4. The van der Waals surface area contributed by atoms with E-state index in [0.717, 1.165) is 4.90 Å². The van der Waals surface area contributed by atoms with Gasteiger partial charge in [-0.2, -0.15) is 0 Å². The predicted octanol–water partition coefficient (Wildman–Crippen LogP) is 1.86. The normalized spacial score (nSPS) is 11.1. The Balaban J connectivity index is 3.07. The van der Waals surface area contributed by atoms with Gasteiger partial charge in [0.2, 0.25) is 0 Å². The number of benzene rings is 1. The lowest BCUT2D eigenvalue weighted by atomic mass is 10.0. The fraction of sp³-hybridized carbons (Fsp3) is 0.333. The number of carboxylic acids is 1. The van der Waals surface area contributed by atoms with E-state index >= 15 is 0 Å². The molecule has 5 nitrogen and oxygen atoms in total. The number of likely N-dealkylation sites (N-methyl/N-ethyl adjacent to an activating group) is 1. The van der Waals surface area contributed by atoms with Gasteiger partial charge in [0, 0.05) is 12.6 Å². The summed E-state index contributed by atoms with van der Waals surface area (Å²) in [6, 6.07) is 4.45. The van der Waals surface area contributed by atoms with Crippen molar-refractivity contribution < 1.29 is 14.7 Å². The number of nitrogens with zero attached hydrogens (tertiary/aromatic N) is 1. The monoisotopic (exact) mass is 270 g/mol. The van der Waals surface area contributed by atoms with Crippen molar-refractivity contribution >= 4 is 29.2 Å². The molecular formula is C12H15ClN2O3. The fourth-order valence-corrected chi connectivity index (χ4v) is 1.43. The van der Waals surface area contributed by atoms with Crippen molar-refractivity contribution in [3.8, 4) is 0 Å². The van der Waals surface area contributed by atoms with E-state index in [9.17, 15) is 9.59 Å². The van der Waals surface area contributed by atoms with E-state index in [1.165, 1.54) is 39.1 Å². The summed E-state index contributed by atoms with van der Waals surface area (Å²) in [5.74, 6) is -1.51. The van der Waals surface area contributed by atoms with E-state index in [1.54, 1.807) is 0 Å². The zero-order valence-electron chi connectivity index (χ0n) is 10.4. The number of aliphatic carboxylic acids is 1. The van der Waals surface area contributed by atoms with Gasteiger partial charge in [0.1, 0.15) is 5.54 Å². The quantitative estimate of drug-likeness (QED) is 0.821. The molecule has 0 heterocycles. The minimum absolute atomic E-state index is 0.266. The molecular weight excluding hydrogens is 256 g/mol. The molecule has 0 atom stereocenters. The van der Waals surface area contributed by atoms with Crippen LogP contribution < -0.4 is 5.73 Å². The Morgan fingerprint density at radius 2 is 1.94 bits per heavy atom. The maximum Gasteiger partial charge on any atom is 0.329 e. The molecule has 0 aromatic heterocycles. The van der Waals surface area contributed by atoms with Gasteiger partial charge < -0.3 is 15.7 Å². The summed E-state index contributed by atoms with van der Waals surface area (Å²) in [6.07, 6.45) is 0. The van der Waals surface area contributed by atoms with E-state index in [2.05, 4.69) is 0 Å². The number of halogens is 1. The third kappa shape index (κ3) is 2.56. The standard InChI is InChI=1S/C12H15ClN2O3/c1-12(2,11(17)18)15(3)10(16)7-4-5-9(14)8(13)6-7/h4-6H,14H2,1-3H3,(H,17,18). The Kier molecular flexibility index (Phi) is 3.86. The van der Waals surface area contributed by atoms with Gasteiger partial charge in [-0.15, -0.1) is 0 Å². The van der Waals surface area contributed by atoms with Crippen molar-refractivity contribution in [2.45, 2.75) is 19.4 Å². The molecule has 1 aromatic rings. The molecule has 1 rings (SSSR count). The molecule has 1 amide bonds. The first-order valence-electron chi connectivity index (χ1n) is 5.24. The van der Waals surface area contributed by atoms with Crippen molar-refractivity contribution in [3.05, 3.63) is 28.8 Å². The number of carbonyl (C=O) groups is 2. The molecule has 0 unspecified atom stereocenters. The summed E-state index contributed by atoms with van der Waals surface area (Å²) < 4.78 is 0. The SMILES string of the molecule is CN(C(=O)c1ccc(N)c(Cl)c1)C(C)(C)C(=O)O. The van der Waals surface area contributed by atoms with E-state index in [1.807, 2.05) is 0 Å². The van der Waals surface area contributed by atoms with Gasteiger partial charge in [0.05, 0.1) is 10.7 Å². The molecule has 0 aliphatic rings. The minimum Gasteiger partial charge on any atom is -0.480 e. The van der Waals surface area contributed by atoms with Crippen LogP contribution in [0.2, 0.25) is 5.02 Å². The van der Waals surface area contributed by atoms with Gasteiger partial charge >= 0.3 is 5.97 Å². The van der Waals surface area contributed by atoms with Crippen molar-refractivity contribution in [1.29, 1.82) is 0 Å². The number of amides is 1. The molecule has 98 valence electrons. The van der Waals surface area contributed by atoms with Crippen LogP contribution >= 0.6 is 11.6 Å². The number of hydrogen-bond acceptors (Lipinski definition) is 3. The number of anilines is 1. The molecule has 0 spiro atoms. The van der Waals surface area contributed by atoms with E-state index in [-0.39, 0.29) is 5.02 Å². The summed E-state index contributed by atoms with van der Waals surface area (Å²) in [5, 5.41) is 9.33. The second-order valence-electron chi connectivity index (χ2n) is 4.46.